The van der Waals surface area contributed by atoms with Gasteiger partial charge in [-0.2, -0.15) is 8.78 Å². The molecule has 1 fully saturated rings. The molecule has 0 atom stereocenters. The molecule has 1 aliphatic rings. The molecule has 0 aliphatic carbocycles. The van der Waals surface area contributed by atoms with E-state index in [0.717, 1.165) is 13.1 Å². The van der Waals surface area contributed by atoms with Gasteiger partial charge in [0, 0.05) is 12.8 Å². The van der Waals surface area contributed by atoms with Crippen LogP contribution < -0.4 is 15.4 Å². The molecule has 0 saturated carbocycles. The lowest BCUT2D eigenvalue weighted by Gasteiger charge is -2.35. The number of halogens is 4. The van der Waals surface area contributed by atoms with Crippen LogP contribution in [0.1, 0.15) is 12.8 Å². The Morgan fingerprint density at radius 3 is 2.62 bits per heavy atom. The van der Waals surface area contributed by atoms with E-state index in [-0.39, 0.29) is 29.1 Å². The monoisotopic (exact) mass is 384 g/mol. The summed E-state index contributed by atoms with van der Waals surface area (Å²) in [4.78, 5) is 12.6. The third-order valence-corrected chi connectivity index (χ3v) is 4.16. The SMILES string of the molecule is COCC1(C(=O)Nc2ccc(OC(F)F)c(Cl)c2)CCNCC1.Cl. The molecule has 0 aromatic heterocycles. The van der Waals surface area contributed by atoms with Crippen LogP contribution in [0.5, 0.6) is 5.75 Å². The maximum Gasteiger partial charge on any atom is 0.387 e. The van der Waals surface area contributed by atoms with Crippen molar-refractivity contribution >= 4 is 35.6 Å². The zero-order valence-corrected chi connectivity index (χ0v) is 14.7. The molecule has 2 rings (SSSR count). The highest BCUT2D eigenvalue weighted by atomic mass is 35.5. The highest BCUT2D eigenvalue weighted by molar-refractivity contribution is 6.32. The Kier molecular flexibility index (Phi) is 8.15. The molecule has 1 aromatic carbocycles. The van der Waals surface area contributed by atoms with E-state index in [1.165, 1.54) is 18.2 Å². The second-order valence-corrected chi connectivity index (χ2v) is 5.85. The standard InChI is InChI=1S/C15H19ClF2N2O3.ClH/c1-22-9-15(4-6-19-7-5-15)13(21)20-10-2-3-12(11(16)8-10)23-14(17)18;/h2-3,8,14,19H,4-7,9H2,1H3,(H,20,21);1H. The van der Waals surface area contributed by atoms with Gasteiger partial charge in [-0.1, -0.05) is 11.6 Å². The van der Waals surface area contributed by atoms with Crippen molar-refractivity contribution in [3.8, 4) is 5.75 Å². The van der Waals surface area contributed by atoms with Gasteiger partial charge in [-0.3, -0.25) is 4.79 Å². The van der Waals surface area contributed by atoms with Crippen LogP contribution in [0.25, 0.3) is 0 Å². The number of alkyl halides is 2. The van der Waals surface area contributed by atoms with Crippen LogP contribution in [0.3, 0.4) is 0 Å². The molecule has 1 aromatic rings. The topological polar surface area (TPSA) is 59.6 Å². The number of piperidine rings is 1. The van der Waals surface area contributed by atoms with E-state index < -0.39 is 12.0 Å². The van der Waals surface area contributed by atoms with Gasteiger partial charge in [0.1, 0.15) is 5.75 Å². The van der Waals surface area contributed by atoms with E-state index in [2.05, 4.69) is 15.4 Å². The zero-order valence-electron chi connectivity index (χ0n) is 13.1. The number of methoxy groups -OCH3 is 1. The predicted molar refractivity (Wildman–Crippen MR) is 90.4 cm³/mol. The average Bonchev–Trinajstić information content (AvgIpc) is 2.51. The Hall–Kier alpha value is -1.15. The smallest absolute Gasteiger partial charge is 0.387 e. The van der Waals surface area contributed by atoms with Crippen LogP contribution in [0.15, 0.2) is 18.2 Å². The third-order valence-electron chi connectivity index (χ3n) is 3.87. The number of ether oxygens (including phenoxy) is 2. The van der Waals surface area contributed by atoms with Crippen LogP contribution in [-0.4, -0.2) is 39.3 Å². The molecule has 1 aliphatic heterocycles. The van der Waals surface area contributed by atoms with Gasteiger partial charge in [0.05, 0.1) is 17.0 Å². The fourth-order valence-electron chi connectivity index (χ4n) is 2.65. The van der Waals surface area contributed by atoms with Gasteiger partial charge in [0.15, 0.2) is 0 Å². The first-order valence-electron chi connectivity index (χ1n) is 7.22. The van der Waals surface area contributed by atoms with Crippen LogP contribution in [0.4, 0.5) is 14.5 Å². The summed E-state index contributed by atoms with van der Waals surface area (Å²) in [6.07, 6.45) is 1.32. The molecule has 2 N–H and O–H groups in total. The van der Waals surface area contributed by atoms with E-state index in [4.69, 9.17) is 16.3 Å². The molecule has 0 spiro atoms. The summed E-state index contributed by atoms with van der Waals surface area (Å²) in [5.41, 5.74) is -0.180. The lowest BCUT2D eigenvalue weighted by Crippen LogP contribution is -2.47. The van der Waals surface area contributed by atoms with Crippen molar-refractivity contribution in [2.75, 3.05) is 32.1 Å². The zero-order chi connectivity index (χ0) is 16.9. The fourth-order valence-corrected chi connectivity index (χ4v) is 2.88. The number of carbonyl (C=O) groups is 1. The van der Waals surface area contributed by atoms with Gasteiger partial charge in [-0.25, -0.2) is 0 Å². The largest absolute Gasteiger partial charge is 0.433 e. The third kappa shape index (κ3) is 5.17. The van der Waals surface area contributed by atoms with Crippen molar-refractivity contribution in [1.29, 1.82) is 0 Å². The van der Waals surface area contributed by atoms with Crippen LogP contribution in [0, 0.1) is 5.41 Å². The predicted octanol–water partition coefficient (Wildman–Crippen LogP) is 3.32. The molecule has 5 nitrogen and oxygen atoms in total. The summed E-state index contributed by atoms with van der Waals surface area (Å²) in [7, 11) is 1.56. The Labute approximate surface area is 150 Å². The van der Waals surface area contributed by atoms with Crippen molar-refractivity contribution in [3.05, 3.63) is 23.2 Å². The normalized spacial score (nSPS) is 16.4. The molecule has 0 unspecified atom stereocenters. The van der Waals surface area contributed by atoms with Crippen molar-refractivity contribution in [1.82, 2.24) is 5.32 Å². The Bertz CT molecular complexity index is 550. The van der Waals surface area contributed by atoms with Crippen molar-refractivity contribution < 1.29 is 23.0 Å². The van der Waals surface area contributed by atoms with E-state index in [1.54, 1.807) is 7.11 Å². The second kappa shape index (κ2) is 9.36. The van der Waals surface area contributed by atoms with E-state index in [9.17, 15) is 13.6 Å². The summed E-state index contributed by atoms with van der Waals surface area (Å²) in [5.74, 6) is -0.299. The molecule has 1 amide bonds. The average molecular weight is 385 g/mol. The quantitative estimate of drug-likeness (QED) is 0.789. The Morgan fingerprint density at radius 2 is 2.08 bits per heavy atom. The number of anilines is 1. The first-order valence-corrected chi connectivity index (χ1v) is 7.60. The first kappa shape index (κ1) is 20.9. The number of hydrogen-bond donors (Lipinski definition) is 2. The van der Waals surface area contributed by atoms with Crippen molar-refractivity contribution in [2.45, 2.75) is 19.5 Å². The summed E-state index contributed by atoms with van der Waals surface area (Å²) in [6.45, 7) is -1.16. The van der Waals surface area contributed by atoms with E-state index in [0.29, 0.717) is 25.1 Å². The van der Waals surface area contributed by atoms with Crippen LogP contribution in [-0.2, 0) is 9.53 Å². The first-order chi connectivity index (χ1) is 11.0. The minimum absolute atomic E-state index is 0. The molecule has 0 bridgehead atoms. The van der Waals surface area contributed by atoms with E-state index in [1.807, 2.05) is 0 Å². The molecule has 24 heavy (non-hydrogen) atoms. The van der Waals surface area contributed by atoms with E-state index >= 15 is 0 Å². The summed E-state index contributed by atoms with van der Waals surface area (Å²) in [6, 6.07) is 4.16. The minimum atomic E-state index is -2.95. The summed E-state index contributed by atoms with van der Waals surface area (Å²) in [5, 5.41) is 6.00. The summed E-state index contributed by atoms with van der Waals surface area (Å²) >= 11 is 5.89. The number of benzene rings is 1. The Morgan fingerprint density at radius 1 is 1.42 bits per heavy atom. The van der Waals surface area contributed by atoms with Crippen molar-refractivity contribution in [3.63, 3.8) is 0 Å². The van der Waals surface area contributed by atoms with Crippen LogP contribution >= 0.6 is 24.0 Å². The maximum absolute atomic E-state index is 12.6. The fraction of sp³-hybridized carbons (Fsp3) is 0.533. The van der Waals surface area contributed by atoms with Crippen LogP contribution in [0.2, 0.25) is 5.02 Å². The second-order valence-electron chi connectivity index (χ2n) is 5.44. The molecule has 0 radical (unpaired) electrons. The maximum atomic E-state index is 12.6. The van der Waals surface area contributed by atoms with Gasteiger partial charge >= 0.3 is 6.61 Å². The molecule has 1 saturated heterocycles. The molecule has 9 heteroatoms. The lowest BCUT2D eigenvalue weighted by molar-refractivity contribution is -0.130. The molecular weight excluding hydrogens is 365 g/mol. The lowest BCUT2D eigenvalue weighted by atomic mass is 9.78. The number of hydrogen-bond acceptors (Lipinski definition) is 4. The van der Waals surface area contributed by atoms with Crippen molar-refractivity contribution in [2.24, 2.45) is 5.41 Å². The highest BCUT2D eigenvalue weighted by Gasteiger charge is 2.39. The number of amides is 1. The summed E-state index contributed by atoms with van der Waals surface area (Å²) < 4.78 is 33.9. The van der Waals surface area contributed by atoms with Gasteiger partial charge in [0.2, 0.25) is 5.91 Å². The van der Waals surface area contributed by atoms with Gasteiger partial charge < -0.3 is 20.1 Å². The van der Waals surface area contributed by atoms with Gasteiger partial charge in [0.25, 0.3) is 0 Å². The Balaban J connectivity index is 0.00000288. The highest BCUT2D eigenvalue weighted by Crippen LogP contribution is 2.33. The van der Waals surface area contributed by atoms with Gasteiger partial charge in [-0.15, -0.1) is 12.4 Å². The number of carbonyl (C=O) groups excluding carboxylic acids is 1. The number of rotatable bonds is 6. The van der Waals surface area contributed by atoms with Gasteiger partial charge in [-0.05, 0) is 44.1 Å². The molecule has 136 valence electrons. The molecular formula is C15H20Cl2F2N2O3. The minimum Gasteiger partial charge on any atom is -0.433 e. The molecule has 1 heterocycles. The number of nitrogens with one attached hydrogen (secondary N) is 2.